The topological polar surface area (TPSA) is 73.2 Å². The minimum absolute atomic E-state index is 0.135. The SMILES string of the molecule is CCOC(=O)C(=O)Nc1cnn(Cc2ccc(F)cc2)c1. The molecule has 1 aromatic carbocycles. The molecule has 6 nitrogen and oxygen atoms in total. The number of aromatic nitrogens is 2. The van der Waals surface area contributed by atoms with Crippen LogP contribution in [0.3, 0.4) is 0 Å². The van der Waals surface area contributed by atoms with E-state index in [0.29, 0.717) is 12.2 Å². The monoisotopic (exact) mass is 291 g/mol. The molecule has 0 fully saturated rings. The number of nitrogens with zero attached hydrogens (tertiary/aromatic N) is 2. The number of nitrogens with one attached hydrogen (secondary N) is 1. The van der Waals surface area contributed by atoms with Gasteiger partial charge in [0.1, 0.15) is 5.82 Å². The zero-order chi connectivity index (χ0) is 15.2. The molecule has 1 aromatic heterocycles. The number of hydrogen-bond acceptors (Lipinski definition) is 4. The van der Waals surface area contributed by atoms with Crippen LogP contribution < -0.4 is 5.32 Å². The van der Waals surface area contributed by atoms with Gasteiger partial charge in [0.2, 0.25) is 0 Å². The lowest BCUT2D eigenvalue weighted by atomic mass is 10.2. The largest absolute Gasteiger partial charge is 0.459 e. The molecule has 0 radical (unpaired) electrons. The summed E-state index contributed by atoms with van der Waals surface area (Å²) in [4.78, 5) is 22.6. The third-order valence-electron chi connectivity index (χ3n) is 2.61. The lowest BCUT2D eigenvalue weighted by molar-refractivity contribution is -0.152. The van der Waals surface area contributed by atoms with E-state index in [1.807, 2.05) is 0 Å². The van der Waals surface area contributed by atoms with Gasteiger partial charge in [-0.15, -0.1) is 0 Å². The Morgan fingerprint density at radius 2 is 2.05 bits per heavy atom. The fraction of sp³-hybridized carbons (Fsp3) is 0.214. The van der Waals surface area contributed by atoms with Gasteiger partial charge in [0.05, 0.1) is 25.0 Å². The van der Waals surface area contributed by atoms with Crippen molar-refractivity contribution in [3.05, 3.63) is 48.0 Å². The third-order valence-corrected chi connectivity index (χ3v) is 2.61. The van der Waals surface area contributed by atoms with Crippen molar-refractivity contribution in [1.82, 2.24) is 9.78 Å². The van der Waals surface area contributed by atoms with Gasteiger partial charge in [0.15, 0.2) is 0 Å². The van der Waals surface area contributed by atoms with E-state index in [2.05, 4.69) is 15.2 Å². The number of ether oxygens (including phenoxy) is 1. The fourth-order valence-electron chi connectivity index (χ4n) is 1.67. The summed E-state index contributed by atoms with van der Waals surface area (Å²) in [7, 11) is 0. The highest BCUT2D eigenvalue weighted by Gasteiger charge is 2.15. The highest BCUT2D eigenvalue weighted by Crippen LogP contribution is 2.09. The average molecular weight is 291 g/mol. The first-order valence-corrected chi connectivity index (χ1v) is 6.33. The summed E-state index contributed by atoms with van der Waals surface area (Å²) in [6.07, 6.45) is 2.99. The van der Waals surface area contributed by atoms with E-state index in [0.717, 1.165) is 5.56 Å². The van der Waals surface area contributed by atoms with Crippen LogP contribution in [0.1, 0.15) is 12.5 Å². The van der Waals surface area contributed by atoms with Gasteiger partial charge in [0.25, 0.3) is 0 Å². The molecule has 1 N–H and O–H groups in total. The van der Waals surface area contributed by atoms with Crippen LogP contribution in [-0.4, -0.2) is 28.3 Å². The fourth-order valence-corrected chi connectivity index (χ4v) is 1.67. The Morgan fingerprint density at radius 3 is 2.71 bits per heavy atom. The van der Waals surface area contributed by atoms with Crippen LogP contribution in [0.4, 0.5) is 10.1 Å². The molecule has 0 aliphatic heterocycles. The Hall–Kier alpha value is -2.70. The average Bonchev–Trinajstić information content (AvgIpc) is 2.89. The Morgan fingerprint density at radius 1 is 1.33 bits per heavy atom. The van der Waals surface area contributed by atoms with E-state index < -0.39 is 11.9 Å². The Bertz CT molecular complexity index is 637. The van der Waals surface area contributed by atoms with Crippen molar-refractivity contribution in [2.75, 3.05) is 11.9 Å². The molecule has 0 spiro atoms. The predicted octanol–water partition coefficient (Wildman–Crippen LogP) is 1.57. The summed E-state index contributed by atoms with van der Waals surface area (Å²) in [5, 5.41) is 6.43. The van der Waals surface area contributed by atoms with Crippen molar-refractivity contribution in [3.8, 4) is 0 Å². The molecule has 0 unspecified atom stereocenters. The summed E-state index contributed by atoms with van der Waals surface area (Å²) < 4.78 is 18.9. The van der Waals surface area contributed by atoms with E-state index in [9.17, 15) is 14.0 Å². The highest BCUT2D eigenvalue weighted by molar-refractivity contribution is 6.37. The Labute approximate surface area is 120 Å². The molecule has 0 saturated carbocycles. The number of amides is 1. The summed E-state index contributed by atoms with van der Waals surface area (Å²) in [6, 6.07) is 6.02. The number of carbonyl (C=O) groups excluding carboxylic acids is 2. The number of benzene rings is 1. The van der Waals surface area contributed by atoms with Crippen LogP contribution in [0.15, 0.2) is 36.7 Å². The van der Waals surface area contributed by atoms with Crippen LogP contribution in [0.25, 0.3) is 0 Å². The van der Waals surface area contributed by atoms with Crippen molar-refractivity contribution >= 4 is 17.6 Å². The molecule has 0 aliphatic carbocycles. The first-order chi connectivity index (χ1) is 10.1. The minimum Gasteiger partial charge on any atom is -0.459 e. The van der Waals surface area contributed by atoms with Crippen LogP contribution >= 0.6 is 0 Å². The van der Waals surface area contributed by atoms with Crippen molar-refractivity contribution in [1.29, 1.82) is 0 Å². The van der Waals surface area contributed by atoms with E-state index in [1.165, 1.54) is 18.3 Å². The summed E-state index contributed by atoms with van der Waals surface area (Å²) >= 11 is 0. The maximum Gasteiger partial charge on any atom is 0.397 e. The molecule has 1 heterocycles. The van der Waals surface area contributed by atoms with Crippen LogP contribution in [0.2, 0.25) is 0 Å². The van der Waals surface area contributed by atoms with Gasteiger partial charge in [-0.05, 0) is 24.6 Å². The molecular formula is C14H14FN3O3. The first kappa shape index (κ1) is 14.7. The summed E-state index contributed by atoms with van der Waals surface area (Å²) in [5.41, 5.74) is 1.25. The van der Waals surface area contributed by atoms with Gasteiger partial charge in [-0.1, -0.05) is 12.1 Å². The number of halogens is 1. The zero-order valence-corrected chi connectivity index (χ0v) is 11.4. The van der Waals surface area contributed by atoms with Crippen molar-refractivity contribution in [3.63, 3.8) is 0 Å². The number of esters is 1. The zero-order valence-electron chi connectivity index (χ0n) is 11.4. The standard InChI is InChI=1S/C14H14FN3O3/c1-2-21-14(20)13(19)17-12-7-16-18(9-12)8-10-3-5-11(15)6-4-10/h3-7,9H,2,8H2,1H3,(H,17,19). The molecule has 0 atom stereocenters. The molecule has 0 saturated heterocycles. The first-order valence-electron chi connectivity index (χ1n) is 6.33. The summed E-state index contributed by atoms with van der Waals surface area (Å²) in [5.74, 6) is -2.09. The van der Waals surface area contributed by atoms with E-state index in [-0.39, 0.29) is 12.4 Å². The molecule has 1 amide bonds. The lowest BCUT2D eigenvalue weighted by Gasteiger charge is -2.02. The molecule has 0 bridgehead atoms. The molecule has 0 aliphatic rings. The van der Waals surface area contributed by atoms with Gasteiger partial charge in [0, 0.05) is 6.20 Å². The van der Waals surface area contributed by atoms with E-state index in [4.69, 9.17) is 0 Å². The molecule has 2 aromatic rings. The molecule has 7 heteroatoms. The van der Waals surface area contributed by atoms with Crippen molar-refractivity contribution in [2.24, 2.45) is 0 Å². The number of hydrogen-bond donors (Lipinski definition) is 1. The molecule has 21 heavy (non-hydrogen) atoms. The van der Waals surface area contributed by atoms with Crippen LogP contribution in [0, 0.1) is 5.82 Å². The maximum absolute atomic E-state index is 12.8. The molecular weight excluding hydrogens is 277 g/mol. The van der Waals surface area contributed by atoms with E-state index in [1.54, 1.807) is 29.9 Å². The van der Waals surface area contributed by atoms with Crippen molar-refractivity contribution < 1.29 is 18.7 Å². The Balaban J connectivity index is 1.96. The second-order valence-corrected chi connectivity index (χ2v) is 4.23. The Kier molecular flexibility index (Phi) is 4.65. The quantitative estimate of drug-likeness (QED) is 0.685. The second kappa shape index (κ2) is 6.65. The molecule has 2 rings (SSSR count). The number of anilines is 1. The van der Waals surface area contributed by atoms with Gasteiger partial charge in [-0.3, -0.25) is 9.48 Å². The lowest BCUT2D eigenvalue weighted by Crippen LogP contribution is -2.24. The number of rotatable bonds is 4. The van der Waals surface area contributed by atoms with Gasteiger partial charge in [-0.2, -0.15) is 5.10 Å². The summed E-state index contributed by atoms with van der Waals surface area (Å²) in [6.45, 7) is 2.18. The highest BCUT2D eigenvalue weighted by atomic mass is 19.1. The van der Waals surface area contributed by atoms with E-state index >= 15 is 0 Å². The number of carbonyl (C=O) groups is 2. The minimum atomic E-state index is -0.941. The molecule has 110 valence electrons. The maximum atomic E-state index is 12.8. The second-order valence-electron chi connectivity index (χ2n) is 4.23. The predicted molar refractivity (Wildman–Crippen MR) is 73.0 cm³/mol. The van der Waals surface area contributed by atoms with Crippen LogP contribution in [-0.2, 0) is 20.9 Å². The third kappa shape index (κ3) is 4.13. The van der Waals surface area contributed by atoms with Gasteiger partial charge in [-0.25, -0.2) is 9.18 Å². The van der Waals surface area contributed by atoms with Crippen molar-refractivity contribution in [2.45, 2.75) is 13.5 Å². The van der Waals surface area contributed by atoms with Crippen LogP contribution in [0.5, 0.6) is 0 Å². The normalized spacial score (nSPS) is 10.2. The smallest absolute Gasteiger partial charge is 0.397 e. The van der Waals surface area contributed by atoms with Gasteiger partial charge >= 0.3 is 11.9 Å². The van der Waals surface area contributed by atoms with Gasteiger partial charge < -0.3 is 10.1 Å².